The van der Waals surface area contributed by atoms with Gasteiger partial charge in [0.15, 0.2) is 0 Å². The first kappa shape index (κ1) is 16.3. The number of rotatable bonds is 4. The third-order valence-corrected chi connectivity index (χ3v) is 13.4. The SMILES string of the molecule is CC(=O)O[C@H]1[C@H]2C[C@@H]([C@H]1[Hg][Cl])[C@H](OC(=O)c1ccccc1)C2. The molecule has 0 heterocycles. The number of hydrogen-bond acceptors (Lipinski definition) is 4. The molecule has 2 saturated carbocycles. The molecule has 1 aromatic rings. The maximum atomic E-state index is 12.2. The van der Waals surface area contributed by atoms with Crippen LogP contribution in [-0.4, -0.2) is 24.1 Å². The van der Waals surface area contributed by atoms with Crippen molar-refractivity contribution in [3.63, 3.8) is 0 Å². The van der Waals surface area contributed by atoms with Crippen molar-refractivity contribution < 1.29 is 42.4 Å². The van der Waals surface area contributed by atoms with Crippen LogP contribution in [0.25, 0.3) is 0 Å². The van der Waals surface area contributed by atoms with Gasteiger partial charge in [-0.05, 0) is 0 Å². The van der Waals surface area contributed by atoms with Gasteiger partial charge in [-0.1, -0.05) is 0 Å². The molecular formula is C16H17ClHgO4. The Morgan fingerprint density at radius 1 is 1.18 bits per heavy atom. The van der Waals surface area contributed by atoms with Crippen LogP contribution in [0.2, 0.25) is 3.43 Å². The first-order chi connectivity index (χ1) is 10.6. The Morgan fingerprint density at radius 2 is 1.91 bits per heavy atom. The Kier molecular flexibility index (Phi) is 5.08. The quantitative estimate of drug-likeness (QED) is 0.463. The van der Waals surface area contributed by atoms with E-state index in [9.17, 15) is 9.59 Å². The normalized spacial score (nSPS) is 32.4. The van der Waals surface area contributed by atoms with Crippen molar-refractivity contribution in [2.75, 3.05) is 0 Å². The number of halogens is 1. The van der Waals surface area contributed by atoms with Gasteiger partial charge in [-0.25, -0.2) is 0 Å². The summed E-state index contributed by atoms with van der Waals surface area (Å²) in [7, 11) is 6.29. The second-order valence-electron chi connectivity index (χ2n) is 6.10. The summed E-state index contributed by atoms with van der Waals surface area (Å²) < 4.78 is 11.5. The monoisotopic (exact) mass is 510 g/mol. The zero-order chi connectivity index (χ0) is 15.7. The molecule has 6 heteroatoms. The van der Waals surface area contributed by atoms with Crippen LogP contribution in [0.4, 0.5) is 0 Å². The van der Waals surface area contributed by atoms with E-state index in [2.05, 4.69) is 0 Å². The Morgan fingerprint density at radius 3 is 2.55 bits per heavy atom. The van der Waals surface area contributed by atoms with Crippen molar-refractivity contribution in [1.82, 2.24) is 0 Å². The van der Waals surface area contributed by atoms with Crippen LogP contribution in [0.15, 0.2) is 30.3 Å². The Hall–Kier alpha value is -0.615. The van der Waals surface area contributed by atoms with Gasteiger partial charge in [-0.2, -0.15) is 0 Å². The summed E-state index contributed by atoms with van der Waals surface area (Å²) in [4.78, 5) is 23.5. The molecule has 0 amide bonds. The van der Waals surface area contributed by atoms with Crippen LogP contribution in [0.1, 0.15) is 30.1 Å². The van der Waals surface area contributed by atoms with Gasteiger partial charge >= 0.3 is 146 Å². The number of ether oxygens (including phenoxy) is 2. The van der Waals surface area contributed by atoms with Gasteiger partial charge in [-0.15, -0.1) is 0 Å². The molecule has 0 spiro atoms. The summed E-state index contributed by atoms with van der Waals surface area (Å²) in [6, 6.07) is 9.04. The molecule has 5 atom stereocenters. The second kappa shape index (κ2) is 6.87. The van der Waals surface area contributed by atoms with Crippen molar-refractivity contribution in [3.8, 4) is 0 Å². The second-order valence-corrected chi connectivity index (χ2v) is 13.7. The van der Waals surface area contributed by atoms with Crippen LogP contribution in [-0.2, 0) is 37.6 Å². The maximum absolute atomic E-state index is 12.2. The Balaban J connectivity index is 1.67. The molecule has 22 heavy (non-hydrogen) atoms. The van der Waals surface area contributed by atoms with Crippen LogP contribution in [0, 0.1) is 11.8 Å². The van der Waals surface area contributed by atoms with E-state index in [0.29, 0.717) is 11.5 Å². The molecule has 0 N–H and O–H groups in total. The van der Waals surface area contributed by atoms with Crippen LogP contribution in [0.5, 0.6) is 0 Å². The fraction of sp³-hybridized carbons (Fsp3) is 0.500. The molecule has 2 fully saturated rings. The number of esters is 2. The Bertz CT molecular complexity index is 565. The molecule has 0 saturated heterocycles. The molecule has 0 unspecified atom stereocenters. The van der Waals surface area contributed by atoms with Crippen LogP contribution in [0.3, 0.4) is 0 Å². The molecule has 0 aromatic heterocycles. The van der Waals surface area contributed by atoms with E-state index in [1.807, 2.05) is 18.2 Å². The van der Waals surface area contributed by atoms with Gasteiger partial charge in [0.05, 0.1) is 0 Å². The molecule has 3 rings (SSSR count). The van der Waals surface area contributed by atoms with Crippen molar-refractivity contribution in [3.05, 3.63) is 35.9 Å². The number of benzene rings is 1. The van der Waals surface area contributed by atoms with Crippen molar-refractivity contribution >= 4 is 20.2 Å². The van der Waals surface area contributed by atoms with Gasteiger partial charge in [0.25, 0.3) is 0 Å². The fourth-order valence-electron chi connectivity index (χ4n) is 3.88. The van der Waals surface area contributed by atoms with Crippen molar-refractivity contribution in [2.45, 2.75) is 35.4 Å². The summed E-state index contributed by atoms with van der Waals surface area (Å²) >= 11 is -1.61. The zero-order valence-electron chi connectivity index (χ0n) is 12.4. The molecule has 1 aromatic carbocycles. The average molecular weight is 509 g/mol. The van der Waals surface area contributed by atoms with Gasteiger partial charge in [-0.3, -0.25) is 0 Å². The predicted octanol–water partition coefficient (Wildman–Crippen LogP) is 3.21. The molecule has 4 nitrogen and oxygen atoms in total. The summed E-state index contributed by atoms with van der Waals surface area (Å²) in [6.07, 6.45) is 1.63. The summed E-state index contributed by atoms with van der Waals surface area (Å²) in [5.41, 5.74) is 0.578. The minimum absolute atomic E-state index is 0.0339. The van der Waals surface area contributed by atoms with Crippen LogP contribution < -0.4 is 0 Å². The van der Waals surface area contributed by atoms with E-state index in [4.69, 9.17) is 17.7 Å². The first-order valence-electron chi connectivity index (χ1n) is 7.59. The van der Waals surface area contributed by atoms with E-state index in [1.54, 1.807) is 12.1 Å². The topological polar surface area (TPSA) is 52.6 Å². The van der Waals surface area contributed by atoms with Gasteiger partial charge in [0.2, 0.25) is 0 Å². The van der Waals surface area contributed by atoms with E-state index in [1.165, 1.54) is 6.92 Å². The predicted molar refractivity (Wildman–Crippen MR) is 77.0 cm³/mol. The average Bonchev–Trinajstić information content (AvgIpc) is 3.05. The standard InChI is InChI=1S/C16H17O4.ClH.Hg/c1-10(17)19-14-8-13-7-12(14)9-15(13)20-16(18)11-5-3-2-4-6-11;;/h2-6,8,12-15H,7,9H2,1H3;1H;/q;;+1/p-1/t12-,13-,14+,15+;;/m0../s1. The van der Waals surface area contributed by atoms with E-state index < -0.39 is 23.3 Å². The van der Waals surface area contributed by atoms with Gasteiger partial charge in [0.1, 0.15) is 0 Å². The fourth-order valence-corrected chi connectivity index (χ4v) is 12.8. The first-order valence-corrected chi connectivity index (χ1v) is 17.5. The molecule has 2 aliphatic rings. The van der Waals surface area contributed by atoms with E-state index >= 15 is 0 Å². The van der Waals surface area contributed by atoms with Crippen molar-refractivity contribution in [1.29, 1.82) is 0 Å². The number of carbonyl (C=O) groups excluding carboxylic acids is 2. The summed E-state index contributed by atoms with van der Waals surface area (Å²) in [6.45, 7) is 1.45. The van der Waals surface area contributed by atoms with E-state index in [-0.39, 0.29) is 33.5 Å². The number of fused-ring (bicyclic) bond motifs is 2. The minimum atomic E-state index is -1.61. The molecule has 2 bridgehead atoms. The number of carbonyl (C=O) groups is 2. The Labute approximate surface area is 145 Å². The molecule has 0 radical (unpaired) electrons. The van der Waals surface area contributed by atoms with E-state index in [0.717, 1.165) is 12.8 Å². The van der Waals surface area contributed by atoms with Gasteiger partial charge in [0, 0.05) is 0 Å². The summed E-state index contributed by atoms with van der Waals surface area (Å²) in [5.74, 6) is 0.0680. The van der Waals surface area contributed by atoms with Crippen molar-refractivity contribution in [2.24, 2.45) is 11.8 Å². The molecule has 2 aliphatic carbocycles. The third-order valence-electron chi connectivity index (χ3n) is 4.77. The number of hydrogen-bond donors (Lipinski definition) is 0. The molecule has 0 aliphatic heterocycles. The zero-order valence-corrected chi connectivity index (χ0v) is 18.7. The van der Waals surface area contributed by atoms with Gasteiger partial charge < -0.3 is 0 Å². The molecule has 114 valence electrons. The third kappa shape index (κ3) is 3.18. The molecular weight excluding hydrogens is 492 g/mol. The summed E-state index contributed by atoms with van der Waals surface area (Å²) in [5, 5.41) is 0. The van der Waals surface area contributed by atoms with Crippen LogP contribution >= 0.6 is 8.25 Å².